The van der Waals surface area contributed by atoms with Crippen LogP contribution in [0.4, 0.5) is 18.9 Å². The minimum Gasteiger partial charge on any atom is -0.382 e. The van der Waals surface area contributed by atoms with Crippen molar-refractivity contribution in [3.05, 3.63) is 29.6 Å². The first-order valence-corrected chi connectivity index (χ1v) is 6.22. The number of nitrogens with one attached hydrogen (secondary N) is 2. The van der Waals surface area contributed by atoms with Crippen molar-refractivity contribution >= 4 is 11.6 Å². The first kappa shape index (κ1) is 16.3. The summed E-state index contributed by atoms with van der Waals surface area (Å²) in [4.78, 5) is 11.9. The van der Waals surface area contributed by atoms with Crippen molar-refractivity contribution in [3.8, 4) is 0 Å². The van der Waals surface area contributed by atoms with Gasteiger partial charge < -0.3 is 15.4 Å². The van der Waals surface area contributed by atoms with Crippen LogP contribution in [0.15, 0.2) is 18.2 Å². The lowest BCUT2D eigenvalue weighted by atomic mass is 10.1. The highest BCUT2D eigenvalue weighted by Gasteiger charge is 2.14. The van der Waals surface area contributed by atoms with E-state index in [2.05, 4.69) is 15.4 Å². The number of ether oxygens (including phenoxy) is 1. The molecule has 1 aromatic rings. The molecule has 0 aliphatic rings. The minimum absolute atomic E-state index is 0.0259. The first-order chi connectivity index (χ1) is 9.56. The van der Waals surface area contributed by atoms with Gasteiger partial charge in [0.2, 0.25) is 0 Å². The molecule has 0 fully saturated rings. The van der Waals surface area contributed by atoms with Crippen molar-refractivity contribution in [2.45, 2.75) is 13.3 Å². The topological polar surface area (TPSA) is 50.4 Å². The van der Waals surface area contributed by atoms with Gasteiger partial charge in [0.1, 0.15) is 12.4 Å². The van der Waals surface area contributed by atoms with Gasteiger partial charge in [-0.05, 0) is 19.1 Å². The second kappa shape index (κ2) is 8.42. The predicted octanol–water partition coefficient (Wildman–Crippen LogP) is 2.27. The van der Waals surface area contributed by atoms with Gasteiger partial charge in [-0.2, -0.15) is 0 Å². The molecule has 0 atom stereocenters. The molecule has 0 bridgehead atoms. The molecule has 1 rings (SSSR count). The van der Waals surface area contributed by atoms with E-state index in [1.807, 2.05) is 0 Å². The van der Waals surface area contributed by atoms with E-state index in [0.717, 1.165) is 0 Å². The van der Waals surface area contributed by atoms with Crippen molar-refractivity contribution in [3.63, 3.8) is 0 Å². The molecule has 0 unspecified atom stereocenters. The van der Waals surface area contributed by atoms with Crippen molar-refractivity contribution in [2.24, 2.45) is 0 Å². The molecule has 0 heterocycles. The lowest BCUT2D eigenvalue weighted by Crippen LogP contribution is -2.28. The number of rotatable bonds is 8. The van der Waals surface area contributed by atoms with Crippen molar-refractivity contribution in [1.29, 1.82) is 0 Å². The van der Waals surface area contributed by atoms with Crippen LogP contribution in [0.1, 0.15) is 17.3 Å². The van der Waals surface area contributed by atoms with Crippen molar-refractivity contribution in [1.82, 2.24) is 5.32 Å². The molecule has 4 nitrogen and oxygen atoms in total. The van der Waals surface area contributed by atoms with Crippen LogP contribution in [0.5, 0.6) is 0 Å². The fraction of sp³-hybridized carbons (Fsp3) is 0.462. The van der Waals surface area contributed by atoms with Gasteiger partial charge in [-0.15, -0.1) is 0 Å². The van der Waals surface area contributed by atoms with Crippen LogP contribution in [0.25, 0.3) is 0 Å². The SMILES string of the molecule is CCNc1c(F)cccc1C(=O)NCCOCC(F)F. The summed E-state index contributed by atoms with van der Waals surface area (Å²) in [5, 5.41) is 5.26. The number of hydrogen-bond donors (Lipinski definition) is 2. The average Bonchev–Trinajstić information content (AvgIpc) is 2.40. The fourth-order valence-corrected chi connectivity index (χ4v) is 1.57. The Morgan fingerprint density at radius 1 is 1.40 bits per heavy atom. The Balaban J connectivity index is 2.53. The van der Waals surface area contributed by atoms with Gasteiger partial charge in [0.25, 0.3) is 12.3 Å². The molecule has 2 N–H and O–H groups in total. The highest BCUT2D eigenvalue weighted by molar-refractivity contribution is 5.99. The molecule has 7 heteroatoms. The van der Waals surface area contributed by atoms with Crippen LogP contribution in [0, 0.1) is 5.82 Å². The van der Waals surface area contributed by atoms with Gasteiger partial charge in [-0.3, -0.25) is 4.79 Å². The molecule has 20 heavy (non-hydrogen) atoms. The number of anilines is 1. The van der Waals surface area contributed by atoms with Crippen LogP contribution in [0.3, 0.4) is 0 Å². The number of carbonyl (C=O) groups is 1. The van der Waals surface area contributed by atoms with E-state index >= 15 is 0 Å². The summed E-state index contributed by atoms with van der Waals surface area (Å²) in [6, 6.07) is 4.16. The zero-order valence-corrected chi connectivity index (χ0v) is 11.1. The summed E-state index contributed by atoms with van der Waals surface area (Å²) in [5.74, 6) is -1.01. The van der Waals surface area contributed by atoms with E-state index in [1.165, 1.54) is 18.2 Å². The summed E-state index contributed by atoms with van der Waals surface area (Å²) in [6.45, 7) is 1.64. The third kappa shape index (κ3) is 5.08. The number of halogens is 3. The number of amides is 1. The quantitative estimate of drug-likeness (QED) is 0.722. The van der Waals surface area contributed by atoms with E-state index in [0.29, 0.717) is 6.54 Å². The zero-order chi connectivity index (χ0) is 15.0. The fourth-order valence-electron chi connectivity index (χ4n) is 1.57. The smallest absolute Gasteiger partial charge is 0.261 e. The summed E-state index contributed by atoms with van der Waals surface area (Å²) in [6.07, 6.45) is -2.53. The predicted molar refractivity (Wildman–Crippen MR) is 69.7 cm³/mol. The molecule has 0 radical (unpaired) electrons. The number of para-hydroxylation sites is 1. The van der Waals surface area contributed by atoms with Crippen LogP contribution >= 0.6 is 0 Å². The summed E-state index contributed by atoms with van der Waals surface area (Å²) < 4.78 is 41.8. The molecule has 0 saturated carbocycles. The number of alkyl halides is 2. The Hall–Kier alpha value is -1.76. The highest BCUT2D eigenvalue weighted by atomic mass is 19.3. The number of carbonyl (C=O) groups excluding carboxylic acids is 1. The maximum absolute atomic E-state index is 13.6. The van der Waals surface area contributed by atoms with Gasteiger partial charge >= 0.3 is 0 Å². The van der Waals surface area contributed by atoms with E-state index in [1.54, 1.807) is 6.92 Å². The molecular weight excluding hydrogens is 273 g/mol. The third-order valence-corrected chi connectivity index (χ3v) is 2.39. The maximum Gasteiger partial charge on any atom is 0.261 e. The molecule has 0 aliphatic heterocycles. The van der Waals surface area contributed by atoms with Crippen LogP contribution in [-0.4, -0.2) is 38.6 Å². The Labute approximate surface area is 115 Å². The molecule has 0 aliphatic carbocycles. The normalized spacial score (nSPS) is 10.7. The molecule has 0 spiro atoms. The van der Waals surface area contributed by atoms with Gasteiger partial charge in [0.05, 0.1) is 17.9 Å². The van der Waals surface area contributed by atoms with Gasteiger partial charge in [-0.1, -0.05) is 6.07 Å². The molecule has 1 amide bonds. The monoisotopic (exact) mass is 290 g/mol. The summed E-state index contributed by atoms with van der Waals surface area (Å²) in [5.41, 5.74) is 0.293. The molecule has 112 valence electrons. The van der Waals surface area contributed by atoms with E-state index < -0.39 is 24.8 Å². The van der Waals surface area contributed by atoms with Crippen LogP contribution in [-0.2, 0) is 4.74 Å². The Kier molecular flexibility index (Phi) is 6.86. The Morgan fingerprint density at radius 3 is 2.80 bits per heavy atom. The van der Waals surface area contributed by atoms with Crippen molar-refractivity contribution < 1.29 is 22.7 Å². The number of hydrogen-bond acceptors (Lipinski definition) is 3. The summed E-state index contributed by atoms with van der Waals surface area (Å²) >= 11 is 0. The molecule has 0 aromatic heterocycles. The Bertz CT molecular complexity index is 442. The number of benzene rings is 1. The summed E-state index contributed by atoms with van der Waals surface area (Å²) in [7, 11) is 0. The van der Waals surface area contributed by atoms with Crippen molar-refractivity contribution in [2.75, 3.05) is 31.6 Å². The largest absolute Gasteiger partial charge is 0.382 e. The standard InChI is InChI=1S/C13H17F3N2O2/c1-2-17-12-9(4-3-5-10(12)14)13(19)18-6-7-20-8-11(15)16/h3-5,11,17H,2,6-8H2,1H3,(H,18,19). The zero-order valence-electron chi connectivity index (χ0n) is 11.1. The molecule has 1 aromatic carbocycles. The molecule has 0 saturated heterocycles. The second-order valence-corrected chi connectivity index (χ2v) is 3.91. The lowest BCUT2D eigenvalue weighted by Gasteiger charge is -2.12. The second-order valence-electron chi connectivity index (χ2n) is 3.91. The average molecular weight is 290 g/mol. The third-order valence-electron chi connectivity index (χ3n) is 2.39. The first-order valence-electron chi connectivity index (χ1n) is 6.22. The van der Waals surface area contributed by atoms with E-state index in [-0.39, 0.29) is 24.4 Å². The minimum atomic E-state index is -2.53. The van der Waals surface area contributed by atoms with Crippen LogP contribution < -0.4 is 10.6 Å². The van der Waals surface area contributed by atoms with E-state index in [4.69, 9.17) is 0 Å². The molecular formula is C13H17F3N2O2. The lowest BCUT2D eigenvalue weighted by molar-refractivity contribution is 0.0188. The maximum atomic E-state index is 13.6. The Morgan fingerprint density at radius 2 is 2.15 bits per heavy atom. The van der Waals surface area contributed by atoms with Gasteiger partial charge in [0, 0.05) is 13.1 Å². The van der Waals surface area contributed by atoms with Gasteiger partial charge in [0.15, 0.2) is 0 Å². The van der Waals surface area contributed by atoms with E-state index in [9.17, 15) is 18.0 Å². The highest BCUT2D eigenvalue weighted by Crippen LogP contribution is 2.19. The van der Waals surface area contributed by atoms with Crippen LogP contribution in [0.2, 0.25) is 0 Å². The van der Waals surface area contributed by atoms with Gasteiger partial charge in [-0.25, -0.2) is 13.2 Å².